The minimum absolute atomic E-state index is 0.476. The average molecular weight is 294 g/mol. The fourth-order valence-corrected chi connectivity index (χ4v) is 2.38. The van der Waals surface area contributed by atoms with E-state index in [1.54, 1.807) is 13.2 Å². The van der Waals surface area contributed by atoms with Gasteiger partial charge in [-0.25, -0.2) is 0 Å². The minimum Gasteiger partial charge on any atom is -0.496 e. The van der Waals surface area contributed by atoms with Crippen LogP contribution in [0, 0.1) is 5.92 Å². The van der Waals surface area contributed by atoms with Gasteiger partial charge in [0.15, 0.2) is 5.82 Å². The lowest BCUT2D eigenvalue weighted by Gasteiger charge is -2.12. The lowest BCUT2D eigenvalue weighted by molar-refractivity contribution is 0.416. The summed E-state index contributed by atoms with van der Waals surface area (Å²) in [6.07, 6.45) is 2.00. The van der Waals surface area contributed by atoms with Crippen LogP contribution in [0.15, 0.2) is 18.2 Å². The van der Waals surface area contributed by atoms with Gasteiger partial charge in [-0.3, -0.25) is 5.10 Å². The number of benzene rings is 1. The molecule has 0 aliphatic heterocycles. The molecule has 1 heterocycles. The van der Waals surface area contributed by atoms with Gasteiger partial charge in [0, 0.05) is 16.3 Å². The summed E-state index contributed by atoms with van der Waals surface area (Å²) in [6.45, 7) is 4.38. The van der Waals surface area contributed by atoms with Crippen LogP contribution in [0.2, 0.25) is 5.02 Å². The van der Waals surface area contributed by atoms with Crippen molar-refractivity contribution < 1.29 is 4.74 Å². The van der Waals surface area contributed by atoms with Crippen LogP contribution < -0.4 is 10.5 Å². The number of methoxy groups -OCH3 is 1. The summed E-state index contributed by atoms with van der Waals surface area (Å²) in [5.41, 5.74) is 8.82. The maximum absolute atomic E-state index is 6.10. The van der Waals surface area contributed by atoms with Crippen LogP contribution in [0.5, 0.6) is 5.75 Å². The molecule has 2 rings (SSSR count). The van der Waals surface area contributed by atoms with Crippen molar-refractivity contribution in [2.75, 3.05) is 12.8 Å². The Labute approximate surface area is 124 Å². The molecular weight excluding hydrogens is 274 g/mol. The van der Waals surface area contributed by atoms with Crippen LogP contribution in [0.4, 0.5) is 5.82 Å². The number of aromatic amines is 1. The topological polar surface area (TPSA) is 63.9 Å². The van der Waals surface area contributed by atoms with E-state index in [9.17, 15) is 0 Å². The second-order valence-electron chi connectivity index (χ2n) is 5.02. The van der Waals surface area contributed by atoms with E-state index >= 15 is 0 Å². The van der Waals surface area contributed by atoms with Crippen molar-refractivity contribution in [3.63, 3.8) is 0 Å². The lowest BCUT2D eigenvalue weighted by Crippen LogP contribution is -2.01. The average Bonchev–Trinajstić information content (AvgIpc) is 2.79. The smallest absolute Gasteiger partial charge is 0.153 e. The van der Waals surface area contributed by atoms with Gasteiger partial charge in [0.2, 0.25) is 0 Å². The van der Waals surface area contributed by atoms with Crippen LogP contribution in [-0.2, 0) is 6.42 Å². The predicted octanol–water partition coefficient (Wildman–Crippen LogP) is 3.91. The first kappa shape index (κ1) is 14.7. The standard InChI is InChI=1S/C15H20ClN3O/c1-4-9(2)7-12-14(15(17)19-18-12)11-8-10(16)5-6-13(11)20-3/h5-6,8-9H,4,7H2,1-3H3,(H3,17,18,19). The molecule has 4 nitrogen and oxygen atoms in total. The Kier molecular flexibility index (Phi) is 4.55. The van der Waals surface area contributed by atoms with Crippen molar-refractivity contribution >= 4 is 17.4 Å². The molecule has 0 spiro atoms. The van der Waals surface area contributed by atoms with Crippen LogP contribution in [-0.4, -0.2) is 17.3 Å². The van der Waals surface area contributed by atoms with E-state index < -0.39 is 0 Å². The second kappa shape index (κ2) is 6.18. The third-order valence-corrected chi connectivity index (χ3v) is 3.78. The number of nitrogen functional groups attached to an aromatic ring is 1. The number of hydrogen-bond acceptors (Lipinski definition) is 3. The molecule has 0 amide bonds. The number of rotatable bonds is 5. The first-order chi connectivity index (χ1) is 9.56. The van der Waals surface area contributed by atoms with Gasteiger partial charge in [-0.05, 0) is 30.5 Å². The van der Waals surface area contributed by atoms with Crippen LogP contribution in [0.3, 0.4) is 0 Å². The molecule has 20 heavy (non-hydrogen) atoms. The van der Waals surface area contributed by atoms with Gasteiger partial charge in [-0.2, -0.15) is 5.10 Å². The Balaban J connectivity index is 2.52. The monoisotopic (exact) mass is 293 g/mol. The highest BCUT2D eigenvalue weighted by atomic mass is 35.5. The number of anilines is 1. The van der Waals surface area contributed by atoms with Crippen molar-refractivity contribution in [2.24, 2.45) is 5.92 Å². The number of ether oxygens (including phenoxy) is 1. The maximum atomic E-state index is 6.10. The maximum Gasteiger partial charge on any atom is 0.153 e. The molecule has 1 aromatic heterocycles. The first-order valence-corrected chi connectivity index (χ1v) is 7.11. The lowest BCUT2D eigenvalue weighted by atomic mass is 9.96. The molecule has 0 saturated heterocycles. The Bertz CT molecular complexity index is 595. The molecule has 3 N–H and O–H groups in total. The molecule has 5 heteroatoms. The molecule has 1 unspecified atom stereocenters. The number of aromatic nitrogens is 2. The van der Waals surface area contributed by atoms with Gasteiger partial charge in [-0.15, -0.1) is 0 Å². The summed E-state index contributed by atoms with van der Waals surface area (Å²) in [5.74, 6) is 1.77. The molecule has 0 fully saturated rings. The van der Waals surface area contributed by atoms with E-state index in [2.05, 4.69) is 24.0 Å². The van der Waals surface area contributed by atoms with E-state index in [0.717, 1.165) is 35.4 Å². The summed E-state index contributed by atoms with van der Waals surface area (Å²) in [4.78, 5) is 0. The number of H-pyrrole nitrogens is 1. The molecule has 2 aromatic rings. The molecule has 108 valence electrons. The van der Waals surface area contributed by atoms with Crippen molar-refractivity contribution in [1.82, 2.24) is 10.2 Å². The number of halogens is 1. The van der Waals surface area contributed by atoms with Gasteiger partial charge in [0.05, 0.1) is 12.7 Å². The summed E-state index contributed by atoms with van der Waals surface area (Å²) in [5, 5.41) is 7.82. The SMILES string of the molecule is CCC(C)Cc1[nH]nc(N)c1-c1cc(Cl)ccc1OC. The van der Waals surface area contributed by atoms with Crippen molar-refractivity contribution in [2.45, 2.75) is 26.7 Å². The number of hydrogen-bond donors (Lipinski definition) is 2. The highest BCUT2D eigenvalue weighted by Crippen LogP contribution is 2.37. The van der Waals surface area contributed by atoms with E-state index in [-0.39, 0.29) is 0 Å². The zero-order valence-electron chi connectivity index (χ0n) is 12.0. The quantitative estimate of drug-likeness (QED) is 0.878. The summed E-state index contributed by atoms with van der Waals surface area (Å²) < 4.78 is 5.41. The summed E-state index contributed by atoms with van der Waals surface area (Å²) >= 11 is 6.10. The van der Waals surface area contributed by atoms with Gasteiger partial charge < -0.3 is 10.5 Å². The van der Waals surface area contributed by atoms with Gasteiger partial charge in [-0.1, -0.05) is 31.9 Å². The second-order valence-corrected chi connectivity index (χ2v) is 5.46. The molecule has 0 aliphatic carbocycles. The fraction of sp³-hybridized carbons (Fsp3) is 0.400. The van der Waals surface area contributed by atoms with Crippen LogP contribution >= 0.6 is 11.6 Å². The number of nitrogens with two attached hydrogens (primary N) is 1. The van der Waals surface area contributed by atoms with E-state index in [1.807, 2.05) is 12.1 Å². The first-order valence-electron chi connectivity index (χ1n) is 6.73. The van der Waals surface area contributed by atoms with Crippen LogP contribution in [0.25, 0.3) is 11.1 Å². The Morgan fingerprint density at radius 1 is 1.45 bits per heavy atom. The third-order valence-electron chi connectivity index (χ3n) is 3.55. The van der Waals surface area contributed by atoms with Crippen molar-refractivity contribution in [3.8, 4) is 16.9 Å². The summed E-state index contributed by atoms with van der Waals surface area (Å²) in [6, 6.07) is 5.51. The third kappa shape index (κ3) is 2.90. The highest BCUT2D eigenvalue weighted by molar-refractivity contribution is 6.31. The molecule has 0 bridgehead atoms. The van der Waals surface area contributed by atoms with E-state index in [4.69, 9.17) is 22.1 Å². The molecule has 0 saturated carbocycles. The highest BCUT2D eigenvalue weighted by Gasteiger charge is 2.18. The summed E-state index contributed by atoms with van der Waals surface area (Å²) in [7, 11) is 1.64. The fourth-order valence-electron chi connectivity index (χ4n) is 2.21. The van der Waals surface area contributed by atoms with Gasteiger partial charge >= 0.3 is 0 Å². The molecule has 1 atom stereocenters. The van der Waals surface area contributed by atoms with Gasteiger partial charge in [0.25, 0.3) is 0 Å². The van der Waals surface area contributed by atoms with Crippen molar-refractivity contribution in [3.05, 3.63) is 28.9 Å². The largest absolute Gasteiger partial charge is 0.496 e. The van der Waals surface area contributed by atoms with Gasteiger partial charge in [0.1, 0.15) is 5.75 Å². The zero-order valence-corrected chi connectivity index (χ0v) is 12.8. The molecule has 1 aromatic carbocycles. The Hall–Kier alpha value is -1.68. The molecule has 0 aliphatic rings. The Morgan fingerprint density at radius 3 is 2.85 bits per heavy atom. The zero-order chi connectivity index (χ0) is 14.7. The van der Waals surface area contributed by atoms with Crippen LogP contribution in [0.1, 0.15) is 26.0 Å². The van der Waals surface area contributed by atoms with Crippen molar-refractivity contribution in [1.29, 1.82) is 0 Å². The number of nitrogens with zero attached hydrogens (tertiary/aromatic N) is 1. The minimum atomic E-state index is 0.476. The Morgan fingerprint density at radius 2 is 2.20 bits per heavy atom. The normalized spacial score (nSPS) is 12.4. The number of nitrogens with one attached hydrogen (secondary N) is 1. The molecular formula is C15H20ClN3O. The predicted molar refractivity (Wildman–Crippen MR) is 83.2 cm³/mol. The van der Waals surface area contributed by atoms with E-state index in [0.29, 0.717) is 16.8 Å². The molecule has 0 radical (unpaired) electrons. The van der Waals surface area contributed by atoms with E-state index in [1.165, 1.54) is 0 Å².